The molecule has 0 saturated carbocycles. The van der Waals surface area contributed by atoms with Crippen LogP contribution in [0.3, 0.4) is 0 Å². The van der Waals surface area contributed by atoms with Crippen LogP contribution in [0.4, 0.5) is 8.78 Å². The molecule has 118 valence electrons. The minimum atomic E-state index is -1.01. The Bertz CT molecular complexity index is 965. The van der Waals surface area contributed by atoms with Gasteiger partial charge in [0.25, 0.3) is 5.56 Å². The monoisotopic (exact) mass is 336 g/mol. The minimum absolute atomic E-state index is 0.257. The van der Waals surface area contributed by atoms with E-state index in [0.717, 1.165) is 17.8 Å². The number of aryl methyl sites for hydroxylation is 1. The van der Waals surface area contributed by atoms with E-state index in [1.54, 1.807) is 12.3 Å². The third-order valence-corrected chi connectivity index (χ3v) is 4.07. The van der Waals surface area contributed by atoms with Crippen LogP contribution in [0.2, 0.25) is 0 Å². The van der Waals surface area contributed by atoms with Crippen LogP contribution >= 0.6 is 11.3 Å². The van der Waals surface area contributed by atoms with E-state index < -0.39 is 17.6 Å². The average molecular weight is 336 g/mol. The first-order chi connectivity index (χ1) is 11.0. The topological polar surface area (TPSA) is 60.7 Å². The van der Waals surface area contributed by atoms with Crippen LogP contribution < -0.4 is 5.56 Å². The summed E-state index contributed by atoms with van der Waals surface area (Å²) < 4.78 is 32.7. The van der Waals surface area contributed by atoms with Gasteiger partial charge in [0, 0.05) is 23.2 Å². The molecule has 0 amide bonds. The molecule has 0 fully saturated rings. The fraction of sp³-hybridized carbons (Fsp3) is 0.133. The lowest BCUT2D eigenvalue weighted by molar-refractivity contribution is 0.0462. The minimum Gasteiger partial charge on any atom is -0.455 e. The van der Waals surface area contributed by atoms with Gasteiger partial charge in [0.2, 0.25) is 0 Å². The van der Waals surface area contributed by atoms with Crippen molar-refractivity contribution in [2.45, 2.75) is 13.5 Å². The van der Waals surface area contributed by atoms with E-state index in [9.17, 15) is 18.4 Å². The van der Waals surface area contributed by atoms with Crippen molar-refractivity contribution in [3.63, 3.8) is 0 Å². The van der Waals surface area contributed by atoms with Crippen LogP contribution in [-0.4, -0.2) is 15.4 Å². The number of aromatic nitrogens is 2. The molecule has 0 unspecified atom stereocenters. The number of rotatable bonds is 3. The van der Waals surface area contributed by atoms with Gasteiger partial charge in [-0.25, -0.2) is 18.6 Å². The molecule has 0 atom stereocenters. The van der Waals surface area contributed by atoms with E-state index in [2.05, 4.69) is 4.98 Å². The second kappa shape index (κ2) is 5.88. The first kappa shape index (κ1) is 15.3. The Balaban J connectivity index is 1.80. The zero-order chi connectivity index (χ0) is 16.6. The summed E-state index contributed by atoms with van der Waals surface area (Å²) in [5, 5.41) is 1.79. The van der Waals surface area contributed by atoms with Gasteiger partial charge in [0.1, 0.15) is 18.2 Å². The lowest BCUT2D eigenvalue weighted by Gasteiger charge is -2.06. The van der Waals surface area contributed by atoms with Gasteiger partial charge >= 0.3 is 5.97 Å². The number of carbonyl (C=O) groups is 1. The standard InChI is InChI=1S/C15H10F2N2O3S/c1-8-7-23-15-18-10(5-13(20)19(8)15)6-22-14(21)11-3-2-9(16)4-12(11)17/h2-5,7H,6H2,1H3. The smallest absolute Gasteiger partial charge is 0.341 e. The van der Waals surface area contributed by atoms with Gasteiger partial charge in [-0.05, 0) is 19.1 Å². The van der Waals surface area contributed by atoms with Crippen LogP contribution in [-0.2, 0) is 11.3 Å². The molecule has 0 radical (unpaired) electrons. The molecule has 5 nitrogen and oxygen atoms in total. The van der Waals surface area contributed by atoms with Gasteiger partial charge < -0.3 is 4.74 Å². The SMILES string of the molecule is Cc1csc2nc(COC(=O)c3ccc(F)cc3F)cc(=O)n12. The van der Waals surface area contributed by atoms with Gasteiger partial charge in [-0.3, -0.25) is 9.20 Å². The number of hydrogen-bond acceptors (Lipinski definition) is 5. The zero-order valence-electron chi connectivity index (χ0n) is 11.9. The number of fused-ring (bicyclic) bond motifs is 1. The molecule has 2 aromatic heterocycles. The molecule has 23 heavy (non-hydrogen) atoms. The summed E-state index contributed by atoms with van der Waals surface area (Å²) in [7, 11) is 0. The molecule has 3 aromatic rings. The highest BCUT2D eigenvalue weighted by molar-refractivity contribution is 7.15. The number of carbonyl (C=O) groups excluding carboxylic acids is 1. The number of benzene rings is 1. The number of thiazole rings is 1. The molecule has 0 bridgehead atoms. The highest BCUT2D eigenvalue weighted by Gasteiger charge is 2.15. The summed E-state index contributed by atoms with van der Waals surface area (Å²) in [6, 6.07) is 3.81. The van der Waals surface area contributed by atoms with E-state index in [1.165, 1.54) is 21.8 Å². The Hall–Kier alpha value is -2.61. The number of hydrogen-bond donors (Lipinski definition) is 0. The molecular formula is C15H10F2N2O3S. The van der Waals surface area contributed by atoms with Gasteiger partial charge in [0.15, 0.2) is 4.96 Å². The van der Waals surface area contributed by atoms with Crippen molar-refractivity contribution in [1.29, 1.82) is 0 Å². The van der Waals surface area contributed by atoms with Gasteiger partial charge in [-0.2, -0.15) is 0 Å². The highest BCUT2D eigenvalue weighted by Crippen LogP contribution is 2.14. The molecule has 3 rings (SSSR count). The summed E-state index contributed by atoms with van der Waals surface area (Å²) in [6.45, 7) is 1.50. The summed E-state index contributed by atoms with van der Waals surface area (Å²) in [6.07, 6.45) is 0. The predicted octanol–water partition coefficient (Wildman–Crippen LogP) is 2.70. The predicted molar refractivity (Wildman–Crippen MR) is 79.6 cm³/mol. The molecule has 1 aromatic carbocycles. The summed E-state index contributed by atoms with van der Waals surface area (Å²) >= 11 is 1.29. The second-order valence-corrected chi connectivity index (χ2v) is 5.62. The Kier molecular flexibility index (Phi) is 3.91. The molecule has 8 heteroatoms. The highest BCUT2D eigenvalue weighted by atomic mass is 32.1. The quantitative estimate of drug-likeness (QED) is 0.690. The normalized spacial score (nSPS) is 10.9. The van der Waals surface area contributed by atoms with Crippen molar-refractivity contribution >= 4 is 22.3 Å². The van der Waals surface area contributed by atoms with Crippen LogP contribution in [0, 0.1) is 18.6 Å². The maximum atomic E-state index is 13.5. The Morgan fingerprint density at radius 1 is 1.35 bits per heavy atom. The zero-order valence-corrected chi connectivity index (χ0v) is 12.7. The summed E-state index contributed by atoms with van der Waals surface area (Å²) in [4.78, 5) is 28.5. The van der Waals surface area contributed by atoms with Gasteiger partial charge in [-0.15, -0.1) is 11.3 Å². The molecule has 0 aliphatic carbocycles. The van der Waals surface area contributed by atoms with Gasteiger partial charge in [-0.1, -0.05) is 0 Å². The third-order valence-electron chi connectivity index (χ3n) is 3.13. The maximum Gasteiger partial charge on any atom is 0.341 e. The molecule has 0 spiro atoms. The first-order valence-corrected chi connectivity index (χ1v) is 7.42. The van der Waals surface area contributed by atoms with Crippen LogP contribution in [0.5, 0.6) is 0 Å². The van der Waals surface area contributed by atoms with Crippen LogP contribution in [0.25, 0.3) is 4.96 Å². The van der Waals surface area contributed by atoms with Crippen LogP contribution in [0.1, 0.15) is 21.7 Å². The molecule has 0 aliphatic rings. The number of ether oxygens (including phenoxy) is 1. The van der Waals surface area contributed by atoms with Crippen molar-refractivity contribution in [3.05, 3.63) is 68.6 Å². The fourth-order valence-corrected chi connectivity index (χ4v) is 2.94. The van der Waals surface area contributed by atoms with Crippen LogP contribution in [0.15, 0.2) is 34.4 Å². The molecule has 0 saturated heterocycles. The lowest BCUT2D eigenvalue weighted by atomic mass is 10.2. The molecular weight excluding hydrogens is 326 g/mol. The Morgan fingerprint density at radius 2 is 2.13 bits per heavy atom. The largest absolute Gasteiger partial charge is 0.455 e. The molecule has 2 heterocycles. The fourth-order valence-electron chi connectivity index (χ4n) is 2.05. The van der Waals surface area contributed by atoms with E-state index in [1.807, 2.05) is 0 Å². The van der Waals surface area contributed by atoms with E-state index in [0.29, 0.717) is 11.0 Å². The van der Waals surface area contributed by atoms with E-state index in [4.69, 9.17) is 4.74 Å². The number of esters is 1. The van der Waals surface area contributed by atoms with Gasteiger partial charge in [0.05, 0.1) is 11.3 Å². The van der Waals surface area contributed by atoms with E-state index >= 15 is 0 Å². The Morgan fingerprint density at radius 3 is 2.87 bits per heavy atom. The molecule has 0 N–H and O–H groups in total. The number of nitrogens with zero attached hydrogens (tertiary/aromatic N) is 2. The Labute approximate surface area is 132 Å². The summed E-state index contributed by atoms with van der Waals surface area (Å²) in [5.74, 6) is -2.74. The lowest BCUT2D eigenvalue weighted by Crippen LogP contribution is -2.16. The first-order valence-electron chi connectivity index (χ1n) is 6.54. The summed E-state index contributed by atoms with van der Waals surface area (Å²) in [5.41, 5.74) is 0.357. The second-order valence-electron chi connectivity index (χ2n) is 4.78. The van der Waals surface area contributed by atoms with Crippen molar-refractivity contribution in [1.82, 2.24) is 9.38 Å². The van der Waals surface area contributed by atoms with E-state index in [-0.39, 0.29) is 23.4 Å². The van der Waals surface area contributed by atoms with Crippen molar-refractivity contribution in [2.24, 2.45) is 0 Å². The molecule has 0 aliphatic heterocycles. The average Bonchev–Trinajstić information content (AvgIpc) is 2.86. The van der Waals surface area contributed by atoms with Crippen molar-refractivity contribution < 1.29 is 18.3 Å². The van der Waals surface area contributed by atoms with Crippen molar-refractivity contribution in [3.8, 4) is 0 Å². The number of halogens is 2. The van der Waals surface area contributed by atoms with Crippen molar-refractivity contribution in [2.75, 3.05) is 0 Å². The maximum absolute atomic E-state index is 13.5. The third kappa shape index (κ3) is 2.98.